The first-order chi connectivity index (χ1) is 9.08. The normalized spacial score (nSPS) is 18.9. The average Bonchev–Trinajstić information content (AvgIpc) is 2.96. The first kappa shape index (κ1) is 14.8. The number of carbonyl (C=O) groups is 1. The summed E-state index contributed by atoms with van der Waals surface area (Å²) in [5.74, 6) is 1.32. The molecule has 1 aliphatic heterocycles. The van der Waals surface area contributed by atoms with Crippen LogP contribution in [0.1, 0.15) is 21.0 Å². The Hall–Kier alpha value is -0.590. The molecular formula is C13H19BrN2O2S. The molecule has 0 aliphatic carbocycles. The Balaban J connectivity index is 2.15. The third-order valence-electron chi connectivity index (χ3n) is 3.43. The molecule has 1 aromatic rings. The maximum Gasteiger partial charge on any atom is 0.267 e. The SMILES string of the molecule is CNC[C@H]1CCN(C(=O)c2sc(C)c(Br)c2OC)C1. The first-order valence-corrected chi connectivity index (χ1v) is 7.96. The van der Waals surface area contributed by atoms with E-state index in [1.807, 2.05) is 18.9 Å². The lowest BCUT2D eigenvalue weighted by Gasteiger charge is -2.16. The topological polar surface area (TPSA) is 41.6 Å². The highest BCUT2D eigenvalue weighted by Gasteiger charge is 2.30. The lowest BCUT2D eigenvalue weighted by atomic mass is 10.1. The van der Waals surface area contributed by atoms with Crippen molar-refractivity contribution in [2.45, 2.75) is 13.3 Å². The molecule has 1 amide bonds. The van der Waals surface area contributed by atoms with Gasteiger partial charge in [-0.15, -0.1) is 11.3 Å². The van der Waals surface area contributed by atoms with Crippen LogP contribution in [0.5, 0.6) is 5.75 Å². The molecule has 1 fully saturated rings. The van der Waals surface area contributed by atoms with Crippen LogP contribution in [0.2, 0.25) is 0 Å². The van der Waals surface area contributed by atoms with Gasteiger partial charge in [-0.05, 0) is 48.8 Å². The molecule has 19 heavy (non-hydrogen) atoms. The number of thiophene rings is 1. The average molecular weight is 347 g/mol. The summed E-state index contributed by atoms with van der Waals surface area (Å²) in [4.78, 5) is 16.3. The zero-order chi connectivity index (χ0) is 14.0. The zero-order valence-electron chi connectivity index (χ0n) is 11.5. The van der Waals surface area contributed by atoms with Crippen molar-refractivity contribution in [1.29, 1.82) is 0 Å². The molecule has 0 saturated carbocycles. The highest BCUT2D eigenvalue weighted by Crippen LogP contribution is 2.40. The fraction of sp³-hybridized carbons (Fsp3) is 0.615. The fourth-order valence-electron chi connectivity index (χ4n) is 2.44. The molecule has 6 heteroatoms. The standard InChI is InChI=1S/C13H19BrN2O2S/c1-8-10(14)11(18-3)12(19-8)13(17)16-5-4-9(7-16)6-15-2/h9,15H,4-7H2,1-3H3/t9-/m1/s1. The summed E-state index contributed by atoms with van der Waals surface area (Å²) in [5, 5.41) is 3.18. The minimum Gasteiger partial charge on any atom is -0.494 e. The van der Waals surface area contributed by atoms with Crippen LogP contribution in [-0.2, 0) is 0 Å². The maximum absolute atomic E-state index is 12.6. The van der Waals surface area contributed by atoms with E-state index in [2.05, 4.69) is 21.2 Å². The lowest BCUT2D eigenvalue weighted by Crippen LogP contribution is -2.30. The second-order valence-electron chi connectivity index (χ2n) is 4.80. The number of amides is 1. The maximum atomic E-state index is 12.6. The van der Waals surface area contributed by atoms with Crippen molar-refractivity contribution in [1.82, 2.24) is 10.2 Å². The van der Waals surface area contributed by atoms with Crippen LogP contribution in [0.25, 0.3) is 0 Å². The highest BCUT2D eigenvalue weighted by atomic mass is 79.9. The molecule has 106 valence electrons. The van der Waals surface area contributed by atoms with Crippen LogP contribution in [0.4, 0.5) is 0 Å². The summed E-state index contributed by atoms with van der Waals surface area (Å²) in [6.45, 7) is 4.62. The number of carbonyl (C=O) groups excluding carboxylic acids is 1. The summed E-state index contributed by atoms with van der Waals surface area (Å²) in [6, 6.07) is 0. The summed E-state index contributed by atoms with van der Waals surface area (Å²) in [5.41, 5.74) is 0. The Morgan fingerprint density at radius 1 is 1.63 bits per heavy atom. The molecule has 1 aromatic heterocycles. The molecule has 2 rings (SSSR count). The van der Waals surface area contributed by atoms with E-state index in [0.717, 1.165) is 35.4 Å². The van der Waals surface area contributed by atoms with Crippen LogP contribution in [0, 0.1) is 12.8 Å². The molecule has 0 radical (unpaired) electrons. The van der Waals surface area contributed by atoms with Crippen LogP contribution in [-0.4, -0.2) is 44.6 Å². The second kappa shape index (κ2) is 6.24. The van der Waals surface area contributed by atoms with Gasteiger partial charge >= 0.3 is 0 Å². The lowest BCUT2D eigenvalue weighted by molar-refractivity contribution is 0.0789. The molecule has 1 atom stereocenters. The Morgan fingerprint density at radius 2 is 2.37 bits per heavy atom. The number of methoxy groups -OCH3 is 1. The summed E-state index contributed by atoms with van der Waals surface area (Å²) >= 11 is 4.98. The molecule has 4 nitrogen and oxygen atoms in total. The molecule has 1 N–H and O–H groups in total. The third kappa shape index (κ3) is 2.95. The summed E-state index contributed by atoms with van der Waals surface area (Å²) in [7, 11) is 3.56. The van der Waals surface area contributed by atoms with Gasteiger partial charge in [0.05, 0.1) is 11.6 Å². The number of ether oxygens (including phenoxy) is 1. The summed E-state index contributed by atoms with van der Waals surface area (Å²) < 4.78 is 6.25. The van der Waals surface area contributed by atoms with Gasteiger partial charge in [-0.2, -0.15) is 0 Å². The Bertz CT molecular complexity index is 475. The molecule has 2 heterocycles. The van der Waals surface area contributed by atoms with E-state index >= 15 is 0 Å². The molecule has 1 saturated heterocycles. The second-order valence-corrected chi connectivity index (χ2v) is 6.82. The van der Waals surface area contributed by atoms with Gasteiger partial charge in [0.25, 0.3) is 5.91 Å². The Labute approximate surface area is 126 Å². The molecule has 1 aliphatic rings. The third-order valence-corrected chi connectivity index (χ3v) is 5.73. The van der Waals surface area contributed by atoms with Crippen molar-refractivity contribution in [3.63, 3.8) is 0 Å². The predicted molar refractivity (Wildman–Crippen MR) is 81.2 cm³/mol. The van der Waals surface area contributed by atoms with Crippen LogP contribution >= 0.6 is 27.3 Å². The van der Waals surface area contributed by atoms with E-state index in [1.54, 1.807) is 7.11 Å². The van der Waals surface area contributed by atoms with Gasteiger partial charge in [-0.25, -0.2) is 0 Å². The minimum atomic E-state index is 0.0919. The highest BCUT2D eigenvalue weighted by molar-refractivity contribution is 9.10. The number of hydrogen-bond acceptors (Lipinski definition) is 4. The van der Waals surface area contributed by atoms with Crippen LogP contribution in [0.3, 0.4) is 0 Å². The van der Waals surface area contributed by atoms with Crippen molar-refractivity contribution in [3.8, 4) is 5.75 Å². The van der Waals surface area contributed by atoms with Crippen molar-refractivity contribution < 1.29 is 9.53 Å². The fourth-order valence-corrected chi connectivity index (χ4v) is 4.16. The van der Waals surface area contributed by atoms with Gasteiger partial charge in [0.15, 0.2) is 5.75 Å². The molecule has 0 aromatic carbocycles. The van der Waals surface area contributed by atoms with Crippen molar-refractivity contribution in [3.05, 3.63) is 14.2 Å². The van der Waals surface area contributed by atoms with E-state index < -0.39 is 0 Å². The van der Waals surface area contributed by atoms with Gasteiger partial charge in [0.2, 0.25) is 0 Å². The predicted octanol–water partition coefficient (Wildman–Crippen LogP) is 2.51. The van der Waals surface area contributed by atoms with Crippen molar-refractivity contribution >= 4 is 33.2 Å². The van der Waals surface area contributed by atoms with E-state index in [0.29, 0.717) is 16.5 Å². The number of hydrogen-bond donors (Lipinski definition) is 1. The molecular weight excluding hydrogens is 328 g/mol. The first-order valence-electron chi connectivity index (χ1n) is 6.35. The molecule has 0 bridgehead atoms. The number of likely N-dealkylation sites (tertiary alicyclic amines) is 1. The summed E-state index contributed by atoms with van der Waals surface area (Å²) in [6.07, 6.45) is 1.07. The smallest absolute Gasteiger partial charge is 0.267 e. The largest absolute Gasteiger partial charge is 0.494 e. The van der Waals surface area contributed by atoms with E-state index in [1.165, 1.54) is 11.3 Å². The van der Waals surface area contributed by atoms with Gasteiger partial charge in [-0.1, -0.05) is 0 Å². The van der Waals surface area contributed by atoms with Gasteiger partial charge in [0.1, 0.15) is 4.88 Å². The number of aryl methyl sites for hydroxylation is 1. The van der Waals surface area contributed by atoms with Crippen LogP contribution in [0.15, 0.2) is 4.47 Å². The van der Waals surface area contributed by atoms with Gasteiger partial charge in [0, 0.05) is 18.0 Å². The van der Waals surface area contributed by atoms with Crippen LogP contribution < -0.4 is 10.1 Å². The Morgan fingerprint density at radius 3 is 3.00 bits per heavy atom. The monoisotopic (exact) mass is 346 g/mol. The van der Waals surface area contributed by atoms with E-state index in [-0.39, 0.29) is 5.91 Å². The van der Waals surface area contributed by atoms with Gasteiger partial charge in [-0.3, -0.25) is 4.79 Å². The quantitative estimate of drug-likeness (QED) is 0.910. The number of rotatable bonds is 4. The Kier molecular flexibility index (Phi) is 4.86. The van der Waals surface area contributed by atoms with Gasteiger partial charge < -0.3 is 15.0 Å². The molecule has 0 spiro atoms. The number of halogens is 1. The number of nitrogens with zero attached hydrogens (tertiary/aromatic N) is 1. The molecule has 0 unspecified atom stereocenters. The van der Waals surface area contributed by atoms with Crippen molar-refractivity contribution in [2.24, 2.45) is 5.92 Å². The van der Waals surface area contributed by atoms with E-state index in [4.69, 9.17) is 4.74 Å². The number of nitrogens with one attached hydrogen (secondary N) is 1. The van der Waals surface area contributed by atoms with Crippen molar-refractivity contribution in [2.75, 3.05) is 33.8 Å². The zero-order valence-corrected chi connectivity index (χ0v) is 13.9. The van der Waals surface area contributed by atoms with E-state index in [9.17, 15) is 4.79 Å². The minimum absolute atomic E-state index is 0.0919.